The number of aryl methyl sites for hydroxylation is 2. The maximum atomic E-state index is 5.14. The van der Waals surface area contributed by atoms with E-state index in [9.17, 15) is 0 Å². The summed E-state index contributed by atoms with van der Waals surface area (Å²) in [5.41, 5.74) is 1.37. The highest BCUT2D eigenvalue weighted by Crippen LogP contribution is 2.20. The molecule has 0 aliphatic carbocycles. The summed E-state index contributed by atoms with van der Waals surface area (Å²) in [4.78, 5) is 2.73. The van der Waals surface area contributed by atoms with E-state index in [-0.39, 0.29) is 0 Å². The molecule has 0 radical (unpaired) electrons. The van der Waals surface area contributed by atoms with Gasteiger partial charge in [-0.3, -0.25) is 0 Å². The molecule has 1 heterocycles. The van der Waals surface area contributed by atoms with Gasteiger partial charge in [0.2, 0.25) is 0 Å². The van der Waals surface area contributed by atoms with Gasteiger partial charge in [-0.25, -0.2) is 0 Å². The molecule has 15 heavy (non-hydrogen) atoms. The summed E-state index contributed by atoms with van der Waals surface area (Å²) in [5, 5.41) is 7.10. The molecule has 0 aromatic carbocycles. The monoisotopic (exact) mass is 242 g/mol. The van der Waals surface area contributed by atoms with Gasteiger partial charge in [-0.05, 0) is 44.1 Å². The third kappa shape index (κ3) is 4.18. The average Bonchev–Trinajstić information content (AvgIpc) is 2.52. The van der Waals surface area contributed by atoms with Crippen LogP contribution in [-0.4, -0.2) is 11.7 Å². The fourth-order valence-electron chi connectivity index (χ4n) is 1.21. The summed E-state index contributed by atoms with van der Waals surface area (Å²) in [7, 11) is 0. The van der Waals surface area contributed by atoms with E-state index in [1.54, 1.807) is 0 Å². The molecule has 1 rings (SSSR count). The third-order valence-electron chi connectivity index (χ3n) is 2.18. The van der Waals surface area contributed by atoms with Gasteiger partial charge in [-0.15, -0.1) is 11.3 Å². The minimum Gasteiger partial charge on any atom is -0.363 e. The molecule has 0 saturated carbocycles. The molecule has 4 heteroatoms. The van der Waals surface area contributed by atoms with E-state index in [1.807, 2.05) is 11.3 Å². The molecule has 0 spiro atoms. The van der Waals surface area contributed by atoms with E-state index < -0.39 is 0 Å². The summed E-state index contributed by atoms with van der Waals surface area (Å²) < 4.78 is 0. The molecule has 1 aromatic rings. The summed E-state index contributed by atoms with van der Waals surface area (Å²) in [6, 6.07) is 2.22. The lowest BCUT2D eigenvalue weighted by atomic mass is 10.3. The van der Waals surface area contributed by atoms with Crippen LogP contribution in [0.2, 0.25) is 0 Å². The highest BCUT2D eigenvalue weighted by atomic mass is 32.1. The van der Waals surface area contributed by atoms with E-state index in [4.69, 9.17) is 12.2 Å². The largest absolute Gasteiger partial charge is 0.363 e. The molecule has 2 nitrogen and oxygen atoms in total. The van der Waals surface area contributed by atoms with Crippen molar-refractivity contribution in [2.45, 2.75) is 33.7 Å². The number of hydrogen-bond donors (Lipinski definition) is 2. The van der Waals surface area contributed by atoms with Crippen LogP contribution in [0.15, 0.2) is 6.07 Å². The van der Waals surface area contributed by atoms with Crippen molar-refractivity contribution in [1.82, 2.24) is 10.6 Å². The zero-order valence-electron chi connectivity index (χ0n) is 9.52. The average molecular weight is 242 g/mol. The fourth-order valence-corrected chi connectivity index (χ4v) is 2.37. The summed E-state index contributed by atoms with van der Waals surface area (Å²) in [6.07, 6.45) is 1.10. The molecule has 0 unspecified atom stereocenters. The van der Waals surface area contributed by atoms with Crippen LogP contribution in [0.5, 0.6) is 0 Å². The molecule has 0 bridgehead atoms. The van der Waals surface area contributed by atoms with E-state index in [2.05, 4.69) is 37.5 Å². The van der Waals surface area contributed by atoms with Crippen LogP contribution < -0.4 is 10.6 Å². The van der Waals surface area contributed by atoms with Crippen LogP contribution in [0.4, 0.5) is 0 Å². The Labute approximate surface area is 101 Å². The fraction of sp³-hybridized carbons (Fsp3) is 0.545. The van der Waals surface area contributed by atoms with Gasteiger partial charge in [-0.2, -0.15) is 0 Å². The Morgan fingerprint density at radius 1 is 1.40 bits per heavy atom. The van der Waals surface area contributed by atoms with Crippen molar-refractivity contribution >= 4 is 28.7 Å². The quantitative estimate of drug-likeness (QED) is 0.794. The molecule has 2 N–H and O–H groups in total. The lowest BCUT2D eigenvalue weighted by Crippen LogP contribution is -2.34. The lowest BCUT2D eigenvalue weighted by Gasteiger charge is -2.07. The first-order valence-corrected chi connectivity index (χ1v) is 6.43. The standard InChI is InChI=1S/C11H18N2S2/c1-4-5-12-11(14)13-7-10-6-8(2)9(3)15-10/h6H,4-5,7H2,1-3H3,(H2,12,13,14). The van der Waals surface area contributed by atoms with E-state index in [1.165, 1.54) is 15.3 Å². The summed E-state index contributed by atoms with van der Waals surface area (Å²) in [5.74, 6) is 0. The Hall–Kier alpha value is -0.610. The first-order chi connectivity index (χ1) is 7.13. The number of thiophene rings is 1. The topological polar surface area (TPSA) is 24.1 Å². The van der Waals surface area contributed by atoms with Gasteiger partial charge in [0.15, 0.2) is 5.11 Å². The van der Waals surface area contributed by atoms with Gasteiger partial charge in [0, 0.05) is 16.3 Å². The van der Waals surface area contributed by atoms with Gasteiger partial charge in [0.05, 0.1) is 6.54 Å². The Bertz CT molecular complexity index is 312. The highest BCUT2D eigenvalue weighted by Gasteiger charge is 2.01. The minimum absolute atomic E-state index is 0.751. The molecular weight excluding hydrogens is 224 g/mol. The predicted octanol–water partition coefficient (Wildman–Crippen LogP) is 2.74. The van der Waals surface area contributed by atoms with Crippen molar-refractivity contribution in [1.29, 1.82) is 0 Å². The van der Waals surface area contributed by atoms with Crippen molar-refractivity contribution in [3.63, 3.8) is 0 Å². The molecule has 0 saturated heterocycles. The third-order valence-corrected chi connectivity index (χ3v) is 3.62. The van der Waals surface area contributed by atoms with Crippen LogP contribution in [0.1, 0.15) is 28.7 Å². The molecule has 84 valence electrons. The zero-order chi connectivity index (χ0) is 11.3. The van der Waals surface area contributed by atoms with Crippen LogP contribution in [0.3, 0.4) is 0 Å². The number of thiocarbonyl (C=S) groups is 1. The smallest absolute Gasteiger partial charge is 0.166 e. The SMILES string of the molecule is CCCNC(=S)NCc1cc(C)c(C)s1. The zero-order valence-corrected chi connectivity index (χ0v) is 11.1. The lowest BCUT2D eigenvalue weighted by molar-refractivity contribution is 0.803. The van der Waals surface area contributed by atoms with Crippen LogP contribution in [0.25, 0.3) is 0 Å². The second-order valence-electron chi connectivity index (χ2n) is 3.56. The predicted molar refractivity (Wildman–Crippen MR) is 71.5 cm³/mol. The van der Waals surface area contributed by atoms with Crippen molar-refractivity contribution in [3.8, 4) is 0 Å². The van der Waals surface area contributed by atoms with Gasteiger partial charge >= 0.3 is 0 Å². The normalized spacial score (nSPS) is 10.1. The number of nitrogens with one attached hydrogen (secondary N) is 2. The molecule has 0 amide bonds. The molecular formula is C11H18N2S2. The molecule has 0 fully saturated rings. The molecule has 0 aliphatic heterocycles. The molecule has 0 atom stereocenters. The van der Waals surface area contributed by atoms with Crippen LogP contribution >= 0.6 is 23.6 Å². The Morgan fingerprint density at radius 2 is 2.13 bits per heavy atom. The van der Waals surface area contributed by atoms with Crippen molar-refractivity contribution in [2.75, 3.05) is 6.54 Å². The Kier molecular flexibility index (Phi) is 5.05. The first kappa shape index (κ1) is 12.5. The Morgan fingerprint density at radius 3 is 2.67 bits per heavy atom. The Balaban J connectivity index is 2.33. The second-order valence-corrected chi connectivity index (χ2v) is 5.31. The van der Waals surface area contributed by atoms with Gasteiger partial charge < -0.3 is 10.6 Å². The molecule has 1 aromatic heterocycles. The summed E-state index contributed by atoms with van der Waals surface area (Å²) in [6.45, 7) is 8.19. The number of rotatable bonds is 4. The van der Waals surface area contributed by atoms with Gasteiger partial charge in [0.25, 0.3) is 0 Å². The summed E-state index contributed by atoms with van der Waals surface area (Å²) >= 11 is 6.97. The van der Waals surface area contributed by atoms with E-state index in [0.717, 1.165) is 24.6 Å². The first-order valence-electron chi connectivity index (χ1n) is 5.21. The highest BCUT2D eigenvalue weighted by molar-refractivity contribution is 7.80. The van der Waals surface area contributed by atoms with Gasteiger partial charge in [0.1, 0.15) is 0 Å². The van der Waals surface area contributed by atoms with Crippen LogP contribution in [-0.2, 0) is 6.54 Å². The minimum atomic E-state index is 0.751. The van der Waals surface area contributed by atoms with E-state index >= 15 is 0 Å². The maximum Gasteiger partial charge on any atom is 0.166 e. The van der Waals surface area contributed by atoms with Crippen molar-refractivity contribution < 1.29 is 0 Å². The van der Waals surface area contributed by atoms with Crippen LogP contribution in [0, 0.1) is 13.8 Å². The van der Waals surface area contributed by atoms with Gasteiger partial charge in [-0.1, -0.05) is 6.92 Å². The second kappa shape index (κ2) is 6.08. The van der Waals surface area contributed by atoms with Crippen molar-refractivity contribution in [3.05, 3.63) is 21.4 Å². The van der Waals surface area contributed by atoms with E-state index in [0.29, 0.717) is 0 Å². The maximum absolute atomic E-state index is 5.14. The molecule has 0 aliphatic rings. The number of hydrogen-bond acceptors (Lipinski definition) is 2. The van der Waals surface area contributed by atoms with Crippen molar-refractivity contribution in [2.24, 2.45) is 0 Å².